The molecule has 1 aliphatic carbocycles. The van der Waals surface area contributed by atoms with Crippen molar-refractivity contribution in [1.29, 1.82) is 0 Å². The number of piperidine rings is 1. The van der Waals surface area contributed by atoms with Crippen LogP contribution >= 0.6 is 0 Å². The van der Waals surface area contributed by atoms with Crippen LogP contribution in [0.25, 0.3) is 0 Å². The van der Waals surface area contributed by atoms with E-state index in [9.17, 15) is 0 Å². The molecule has 25 heavy (non-hydrogen) atoms. The maximum absolute atomic E-state index is 5.12. The number of H-pyrrole nitrogens is 1. The number of hydrogen-bond donors (Lipinski definition) is 2. The van der Waals surface area contributed by atoms with Crippen LogP contribution in [0.1, 0.15) is 41.8 Å². The lowest BCUT2D eigenvalue weighted by atomic mass is 10.0. The minimum Gasteiger partial charge on any atom is -0.378 e. The largest absolute Gasteiger partial charge is 0.378 e. The van der Waals surface area contributed by atoms with E-state index in [1.165, 1.54) is 37.8 Å². The maximum atomic E-state index is 5.12. The molecule has 1 aliphatic heterocycles. The Kier molecular flexibility index (Phi) is 5.04. The van der Waals surface area contributed by atoms with Gasteiger partial charge in [-0.05, 0) is 61.4 Å². The van der Waals surface area contributed by atoms with E-state index in [1.807, 2.05) is 0 Å². The zero-order valence-corrected chi connectivity index (χ0v) is 15.1. The van der Waals surface area contributed by atoms with Crippen molar-refractivity contribution in [3.63, 3.8) is 0 Å². The fourth-order valence-electron chi connectivity index (χ4n) is 4.07. The van der Waals surface area contributed by atoms with Crippen LogP contribution in [0.3, 0.4) is 0 Å². The van der Waals surface area contributed by atoms with Crippen LogP contribution in [0.4, 0.5) is 5.69 Å². The molecule has 5 heteroatoms. The molecule has 1 aromatic carbocycles. The summed E-state index contributed by atoms with van der Waals surface area (Å²) in [5, 5.41) is 11.0. The smallest absolute Gasteiger partial charge is 0.0878 e. The second kappa shape index (κ2) is 7.58. The molecule has 4 rings (SSSR count). The Morgan fingerprint density at radius 2 is 2.04 bits per heavy atom. The van der Waals surface area contributed by atoms with Gasteiger partial charge in [-0.1, -0.05) is 6.07 Å². The van der Waals surface area contributed by atoms with Gasteiger partial charge < -0.3 is 15.0 Å². The van der Waals surface area contributed by atoms with E-state index in [0.29, 0.717) is 12.6 Å². The van der Waals surface area contributed by atoms with Crippen molar-refractivity contribution < 1.29 is 4.74 Å². The van der Waals surface area contributed by atoms with Crippen LogP contribution in [0, 0.1) is 0 Å². The summed E-state index contributed by atoms with van der Waals surface area (Å²) in [4.78, 5) is 2.54. The highest BCUT2D eigenvalue weighted by molar-refractivity contribution is 5.52. The first-order valence-electron chi connectivity index (χ1n) is 9.44. The molecule has 2 aliphatic rings. The lowest BCUT2D eigenvalue weighted by Crippen LogP contribution is -2.42. The first-order chi connectivity index (χ1) is 12.3. The summed E-state index contributed by atoms with van der Waals surface area (Å²) < 4.78 is 5.12. The normalized spacial score (nSPS) is 17.9. The molecule has 5 nitrogen and oxygen atoms in total. The average molecular weight is 340 g/mol. The van der Waals surface area contributed by atoms with Crippen LogP contribution in [-0.4, -0.2) is 36.4 Å². The summed E-state index contributed by atoms with van der Waals surface area (Å²) in [6.45, 7) is 3.67. The van der Waals surface area contributed by atoms with Gasteiger partial charge in [-0.25, -0.2) is 0 Å². The lowest BCUT2D eigenvalue weighted by molar-refractivity contribution is 0.181. The van der Waals surface area contributed by atoms with Crippen molar-refractivity contribution in [2.45, 2.75) is 51.3 Å². The summed E-state index contributed by atoms with van der Waals surface area (Å²) in [6.07, 6.45) is 6.22. The second-order valence-corrected chi connectivity index (χ2v) is 7.27. The number of ether oxygens (including phenoxy) is 1. The van der Waals surface area contributed by atoms with Crippen molar-refractivity contribution in [2.24, 2.45) is 0 Å². The Labute approximate surface area is 149 Å². The molecule has 2 heterocycles. The minimum absolute atomic E-state index is 0.577. The lowest BCUT2D eigenvalue weighted by Gasteiger charge is -2.34. The highest BCUT2D eigenvalue weighted by Crippen LogP contribution is 2.28. The van der Waals surface area contributed by atoms with E-state index in [1.54, 1.807) is 18.2 Å². The van der Waals surface area contributed by atoms with Crippen molar-refractivity contribution in [3.8, 4) is 0 Å². The first-order valence-corrected chi connectivity index (χ1v) is 9.44. The number of benzene rings is 1. The average Bonchev–Trinajstić information content (AvgIpc) is 3.29. The summed E-state index contributed by atoms with van der Waals surface area (Å²) in [5.74, 6) is 0. The Morgan fingerprint density at radius 3 is 2.88 bits per heavy atom. The molecule has 2 aromatic rings. The quantitative estimate of drug-likeness (QED) is 0.849. The van der Waals surface area contributed by atoms with E-state index in [0.717, 1.165) is 31.0 Å². The number of rotatable bonds is 6. The third-order valence-corrected chi connectivity index (χ3v) is 5.50. The van der Waals surface area contributed by atoms with Crippen LogP contribution < -0.4 is 10.2 Å². The Bertz CT molecular complexity index is 703. The predicted octanol–water partition coefficient (Wildman–Crippen LogP) is 2.80. The van der Waals surface area contributed by atoms with E-state index in [2.05, 4.69) is 44.7 Å². The standard InChI is InChI=1S/C20H28N4O/c1-25-14-19-12-18(22-23-19)13-21-17-7-9-24(10-8-17)20-6-5-15-3-2-4-16(15)11-20/h5-6,11-12,17,21H,2-4,7-10,13-14H2,1H3,(H,22,23). The number of aryl methyl sites for hydroxylation is 2. The van der Waals surface area contributed by atoms with Gasteiger partial charge in [0.2, 0.25) is 0 Å². The van der Waals surface area contributed by atoms with Gasteiger partial charge in [0.05, 0.1) is 18.0 Å². The van der Waals surface area contributed by atoms with Gasteiger partial charge >= 0.3 is 0 Å². The number of nitrogens with zero attached hydrogens (tertiary/aromatic N) is 2. The second-order valence-electron chi connectivity index (χ2n) is 7.27. The maximum Gasteiger partial charge on any atom is 0.0878 e. The molecule has 1 saturated heterocycles. The Morgan fingerprint density at radius 1 is 1.20 bits per heavy atom. The fourth-order valence-corrected chi connectivity index (χ4v) is 4.07. The molecule has 0 radical (unpaired) electrons. The van der Waals surface area contributed by atoms with Gasteiger partial charge in [0.15, 0.2) is 0 Å². The summed E-state index contributed by atoms with van der Waals surface area (Å²) in [5.41, 5.74) is 6.64. The van der Waals surface area contributed by atoms with E-state index < -0.39 is 0 Å². The molecule has 134 valence electrons. The van der Waals surface area contributed by atoms with E-state index in [4.69, 9.17) is 4.74 Å². The Balaban J connectivity index is 1.26. The first kappa shape index (κ1) is 16.6. The molecular formula is C20H28N4O. The summed E-state index contributed by atoms with van der Waals surface area (Å²) in [6, 6.07) is 9.75. The van der Waals surface area contributed by atoms with Crippen LogP contribution in [0.5, 0.6) is 0 Å². The van der Waals surface area contributed by atoms with Gasteiger partial charge in [-0.2, -0.15) is 5.10 Å². The van der Waals surface area contributed by atoms with Gasteiger partial charge in [-0.3, -0.25) is 5.10 Å². The van der Waals surface area contributed by atoms with Crippen LogP contribution in [-0.2, 0) is 30.7 Å². The van der Waals surface area contributed by atoms with Crippen molar-refractivity contribution in [3.05, 3.63) is 46.8 Å². The van der Waals surface area contributed by atoms with Gasteiger partial charge in [0, 0.05) is 38.5 Å². The molecule has 1 fully saturated rings. The van der Waals surface area contributed by atoms with Gasteiger partial charge in [-0.15, -0.1) is 0 Å². The number of methoxy groups -OCH3 is 1. The third-order valence-electron chi connectivity index (χ3n) is 5.50. The third kappa shape index (κ3) is 3.88. The number of nitrogens with one attached hydrogen (secondary N) is 2. The van der Waals surface area contributed by atoms with Crippen molar-refractivity contribution >= 4 is 5.69 Å². The molecule has 0 saturated carbocycles. The minimum atomic E-state index is 0.577. The molecule has 0 bridgehead atoms. The zero-order chi connectivity index (χ0) is 17.1. The predicted molar refractivity (Wildman–Crippen MR) is 99.8 cm³/mol. The number of aromatic amines is 1. The molecule has 0 atom stereocenters. The highest BCUT2D eigenvalue weighted by atomic mass is 16.5. The molecular weight excluding hydrogens is 312 g/mol. The van der Waals surface area contributed by atoms with Crippen molar-refractivity contribution in [2.75, 3.05) is 25.1 Å². The Hall–Kier alpha value is -1.85. The number of hydrogen-bond acceptors (Lipinski definition) is 4. The topological polar surface area (TPSA) is 53.2 Å². The number of fused-ring (bicyclic) bond motifs is 1. The monoisotopic (exact) mass is 340 g/mol. The van der Waals surface area contributed by atoms with Crippen molar-refractivity contribution in [1.82, 2.24) is 15.5 Å². The molecule has 0 unspecified atom stereocenters. The fraction of sp³-hybridized carbons (Fsp3) is 0.550. The van der Waals surface area contributed by atoms with Crippen LogP contribution in [0.2, 0.25) is 0 Å². The van der Waals surface area contributed by atoms with Crippen LogP contribution in [0.15, 0.2) is 24.3 Å². The summed E-state index contributed by atoms with van der Waals surface area (Å²) >= 11 is 0. The van der Waals surface area contributed by atoms with E-state index in [-0.39, 0.29) is 0 Å². The summed E-state index contributed by atoms with van der Waals surface area (Å²) in [7, 11) is 1.70. The van der Waals surface area contributed by atoms with E-state index >= 15 is 0 Å². The van der Waals surface area contributed by atoms with Gasteiger partial charge in [0.25, 0.3) is 0 Å². The zero-order valence-electron chi connectivity index (χ0n) is 15.1. The SMILES string of the molecule is COCc1cc(CNC2CCN(c3ccc4c(c3)CCC4)CC2)n[nH]1. The molecule has 1 aromatic heterocycles. The number of aromatic nitrogens is 2. The molecule has 0 spiro atoms. The van der Waals surface area contributed by atoms with Gasteiger partial charge in [0.1, 0.15) is 0 Å². The molecule has 2 N–H and O–H groups in total. The highest BCUT2D eigenvalue weighted by Gasteiger charge is 2.20. The number of anilines is 1. The molecule has 0 amide bonds.